The summed E-state index contributed by atoms with van der Waals surface area (Å²) in [5.74, 6) is 0.190. The molecule has 0 atom stereocenters. The summed E-state index contributed by atoms with van der Waals surface area (Å²) in [6.45, 7) is 5.93. The van der Waals surface area contributed by atoms with Crippen LogP contribution in [0.1, 0.15) is 46.0 Å². The van der Waals surface area contributed by atoms with Crippen LogP contribution < -0.4 is 10.6 Å². The summed E-state index contributed by atoms with van der Waals surface area (Å²) in [6.07, 6.45) is 5.39. The molecule has 0 unspecified atom stereocenters. The first kappa shape index (κ1) is 11.5. The Bertz CT molecular complexity index is 186. The van der Waals surface area contributed by atoms with E-state index < -0.39 is 0 Å². The van der Waals surface area contributed by atoms with E-state index in [-0.39, 0.29) is 11.4 Å². The van der Waals surface area contributed by atoms with E-state index in [9.17, 15) is 4.79 Å². The summed E-state index contributed by atoms with van der Waals surface area (Å²) in [5, 5.41) is 6.29. The molecule has 0 aromatic carbocycles. The predicted octanol–water partition coefficient (Wildman–Crippen LogP) is 1.43. The Hall–Kier alpha value is -0.570. The van der Waals surface area contributed by atoms with Gasteiger partial charge in [-0.1, -0.05) is 19.8 Å². The SMILES string of the molecule is CCNCCC(=O)NC1(C)CCCC1. The summed E-state index contributed by atoms with van der Waals surface area (Å²) in [7, 11) is 0. The van der Waals surface area contributed by atoms with Gasteiger partial charge in [-0.05, 0) is 26.3 Å². The van der Waals surface area contributed by atoms with Crippen LogP contribution in [0.3, 0.4) is 0 Å². The summed E-state index contributed by atoms with van der Waals surface area (Å²) in [6, 6.07) is 0. The average molecular weight is 198 g/mol. The molecule has 0 spiro atoms. The lowest BCUT2D eigenvalue weighted by atomic mass is 10.0. The van der Waals surface area contributed by atoms with Crippen LogP contribution in [0, 0.1) is 0 Å². The molecule has 1 amide bonds. The lowest BCUT2D eigenvalue weighted by Gasteiger charge is -2.25. The molecule has 1 fully saturated rings. The Morgan fingerprint density at radius 1 is 1.36 bits per heavy atom. The van der Waals surface area contributed by atoms with Crippen LogP contribution in [-0.2, 0) is 4.79 Å². The first-order chi connectivity index (χ1) is 6.66. The van der Waals surface area contributed by atoms with Gasteiger partial charge < -0.3 is 10.6 Å². The Labute approximate surface area is 86.6 Å². The zero-order valence-electron chi connectivity index (χ0n) is 9.36. The van der Waals surface area contributed by atoms with Gasteiger partial charge in [-0.15, -0.1) is 0 Å². The normalized spacial score (nSPS) is 19.6. The molecule has 1 aliphatic carbocycles. The van der Waals surface area contributed by atoms with Crippen molar-refractivity contribution in [1.29, 1.82) is 0 Å². The van der Waals surface area contributed by atoms with Crippen LogP contribution in [0.15, 0.2) is 0 Å². The highest BCUT2D eigenvalue weighted by atomic mass is 16.1. The summed E-state index contributed by atoms with van der Waals surface area (Å²) >= 11 is 0. The molecule has 82 valence electrons. The van der Waals surface area contributed by atoms with Gasteiger partial charge in [0, 0.05) is 18.5 Å². The van der Waals surface area contributed by atoms with Gasteiger partial charge in [0.25, 0.3) is 0 Å². The van der Waals surface area contributed by atoms with E-state index in [0.717, 1.165) is 25.9 Å². The standard InChI is InChI=1S/C11H22N2O/c1-3-12-9-6-10(14)13-11(2)7-4-5-8-11/h12H,3-9H2,1-2H3,(H,13,14). The maximum absolute atomic E-state index is 11.5. The first-order valence-corrected chi connectivity index (χ1v) is 5.68. The zero-order valence-corrected chi connectivity index (χ0v) is 9.36. The lowest BCUT2D eigenvalue weighted by Crippen LogP contribution is -2.44. The molecule has 3 nitrogen and oxygen atoms in total. The molecule has 0 aromatic heterocycles. The fraction of sp³-hybridized carbons (Fsp3) is 0.909. The number of rotatable bonds is 5. The second-order valence-corrected chi connectivity index (χ2v) is 4.42. The van der Waals surface area contributed by atoms with Gasteiger partial charge >= 0.3 is 0 Å². The van der Waals surface area contributed by atoms with Crippen LogP contribution >= 0.6 is 0 Å². The maximum Gasteiger partial charge on any atom is 0.221 e. The molecular formula is C11H22N2O. The molecule has 1 rings (SSSR count). The molecule has 0 aliphatic heterocycles. The zero-order chi connectivity index (χ0) is 10.4. The quantitative estimate of drug-likeness (QED) is 0.656. The van der Waals surface area contributed by atoms with Crippen molar-refractivity contribution in [2.45, 2.75) is 51.5 Å². The van der Waals surface area contributed by atoms with E-state index in [1.807, 2.05) is 0 Å². The second kappa shape index (κ2) is 5.35. The second-order valence-electron chi connectivity index (χ2n) is 4.42. The van der Waals surface area contributed by atoms with E-state index in [2.05, 4.69) is 24.5 Å². The van der Waals surface area contributed by atoms with Gasteiger partial charge in [0.1, 0.15) is 0 Å². The number of nitrogens with one attached hydrogen (secondary N) is 2. The third-order valence-corrected chi connectivity index (χ3v) is 2.93. The van der Waals surface area contributed by atoms with E-state index in [1.54, 1.807) is 0 Å². The Balaban J connectivity index is 2.19. The van der Waals surface area contributed by atoms with Gasteiger partial charge in [-0.25, -0.2) is 0 Å². The van der Waals surface area contributed by atoms with Crippen molar-refractivity contribution in [1.82, 2.24) is 10.6 Å². The van der Waals surface area contributed by atoms with Crippen molar-refractivity contribution in [2.75, 3.05) is 13.1 Å². The Kier molecular flexibility index (Phi) is 4.39. The fourth-order valence-corrected chi connectivity index (χ4v) is 2.06. The molecule has 3 heteroatoms. The van der Waals surface area contributed by atoms with Crippen molar-refractivity contribution < 1.29 is 4.79 Å². The van der Waals surface area contributed by atoms with Crippen LogP contribution in [0.5, 0.6) is 0 Å². The molecule has 1 saturated carbocycles. The number of hydrogen-bond acceptors (Lipinski definition) is 2. The van der Waals surface area contributed by atoms with Crippen LogP contribution in [0.4, 0.5) is 0 Å². The van der Waals surface area contributed by atoms with E-state index in [0.29, 0.717) is 6.42 Å². The van der Waals surface area contributed by atoms with Gasteiger partial charge in [0.05, 0.1) is 0 Å². The molecule has 0 heterocycles. The Morgan fingerprint density at radius 3 is 2.57 bits per heavy atom. The van der Waals surface area contributed by atoms with Gasteiger partial charge in [0.2, 0.25) is 5.91 Å². The van der Waals surface area contributed by atoms with E-state index in [1.165, 1.54) is 12.8 Å². The van der Waals surface area contributed by atoms with Crippen molar-refractivity contribution in [3.05, 3.63) is 0 Å². The molecule has 0 bridgehead atoms. The highest BCUT2D eigenvalue weighted by Crippen LogP contribution is 2.28. The van der Waals surface area contributed by atoms with Crippen molar-refractivity contribution in [3.8, 4) is 0 Å². The molecule has 1 aliphatic rings. The topological polar surface area (TPSA) is 41.1 Å². The van der Waals surface area contributed by atoms with Crippen molar-refractivity contribution >= 4 is 5.91 Å². The number of amides is 1. The predicted molar refractivity (Wildman–Crippen MR) is 58.2 cm³/mol. The van der Waals surface area contributed by atoms with Crippen LogP contribution in [0.2, 0.25) is 0 Å². The third-order valence-electron chi connectivity index (χ3n) is 2.93. The highest BCUT2D eigenvalue weighted by molar-refractivity contribution is 5.76. The number of carbonyl (C=O) groups is 1. The molecule has 0 radical (unpaired) electrons. The minimum atomic E-state index is 0.0866. The molecule has 0 aromatic rings. The summed E-state index contributed by atoms with van der Waals surface area (Å²) in [4.78, 5) is 11.5. The number of carbonyl (C=O) groups excluding carboxylic acids is 1. The molecular weight excluding hydrogens is 176 g/mol. The molecule has 14 heavy (non-hydrogen) atoms. The lowest BCUT2D eigenvalue weighted by molar-refractivity contribution is -0.122. The smallest absolute Gasteiger partial charge is 0.221 e. The van der Waals surface area contributed by atoms with E-state index in [4.69, 9.17) is 0 Å². The third kappa shape index (κ3) is 3.66. The fourth-order valence-electron chi connectivity index (χ4n) is 2.06. The van der Waals surface area contributed by atoms with Crippen molar-refractivity contribution in [2.24, 2.45) is 0 Å². The summed E-state index contributed by atoms with van der Waals surface area (Å²) < 4.78 is 0. The minimum Gasteiger partial charge on any atom is -0.351 e. The van der Waals surface area contributed by atoms with Gasteiger partial charge in [0.15, 0.2) is 0 Å². The average Bonchev–Trinajstić information content (AvgIpc) is 2.52. The van der Waals surface area contributed by atoms with Crippen LogP contribution in [-0.4, -0.2) is 24.5 Å². The first-order valence-electron chi connectivity index (χ1n) is 5.68. The van der Waals surface area contributed by atoms with Gasteiger partial charge in [-0.2, -0.15) is 0 Å². The highest BCUT2D eigenvalue weighted by Gasteiger charge is 2.29. The summed E-state index contributed by atoms with van der Waals surface area (Å²) in [5.41, 5.74) is 0.0866. The molecule has 0 saturated heterocycles. The molecule has 2 N–H and O–H groups in total. The largest absolute Gasteiger partial charge is 0.351 e. The monoisotopic (exact) mass is 198 g/mol. The van der Waals surface area contributed by atoms with Gasteiger partial charge in [-0.3, -0.25) is 4.79 Å². The minimum absolute atomic E-state index is 0.0866. The number of hydrogen-bond donors (Lipinski definition) is 2. The maximum atomic E-state index is 11.5. The van der Waals surface area contributed by atoms with E-state index >= 15 is 0 Å². The Morgan fingerprint density at radius 2 is 2.00 bits per heavy atom. The van der Waals surface area contributed by atoms with Crippen molar-refractivity contribution in [3.63, 3.8) is 0 Å². The van der Waals surface area contributed by atoms with Crippen LogP contribution in [0.25, 0.3) is 0 Å².